The van der Waals surface area contributed by atoms with Gasteiger partial charge in [0.2, 0.25) is 5.91 Å². The van der Waals surface area contributed by atoms with Crippen LogP contribution in [-0.2, 0) is 4.79 Å². The first-order valence-electron chi connectivity index (χ1n) is 9.51. The highest BCUT2D eigenvalue weighted by Gasteiger charge is 2.38. The lowest BCUT2D eigenvalue weighted by atomic mass is 9.89. The lowest BCUT2D eigenvalue weighted by Gasteiger charge is -2.32. The topological polar surface area (TPSA) is 87.5 Å². The molecule has 1 saturated carbocycles. The van der Waals surface area contributed by atoms with Crippen molar-refractivity contribution in [3.05, 3.63) is 35.9 Å². The van der Waals surface area contributed by atoms with Crippen LogP contribution >= 0.6 is 0 Å². The zero-order chi connectivity index (χ0) is 19.0. The summed E-state index contributed by atoms with van der Waals surface area (Å²) >= 11 is 0. The Labute approximate surface area is 156 Å². The van der Waals surface area contributed by atoms with E-state index in [0.717, 1.165) is 44.2 Å². The number of rotatable bonds is 7. The Morgan fingerprint density at radius 3 is 2.27 bits per heavy atom. The van der Waals surface area contributed by atoms with Crippen LogP contribution < -0.4 is 16.4 Å². The van der Waals surface area contributed by atoms with Crippen LogP contribution in [0.4, 0.5) is 4.79 Å². The van der Waals surface area contributed by atoms with Gasteiger partial charge in [-0.1, -0.05) is 56.0 Å². The third kappa shape index (κ3) is 5.73. The summed E-state index contributed by atoms with van der Waals surface area (Å²) in [5.74, 6) is -0.431. The van der Waals surface area contributed by atoms with E-state index in [2.05, 4.69) is 15.5 Å². The lowest BCUT2D eigenvalue weighted by molar-refractivity contribution is -0.124. The molecule has 1 aromatic carbocycles. The summed E-state index contributed by atoms with van der Waals surface area (Å²) < 4.78 is 0. The average molecular weight is 361 g/mol. The van der Waals surface area contributed by atoms with Gasteiger partial charge in [-0.25, -0.2) is 4.79 Å². The van der Waals surface area contributed by atoms with Gasteiger partial charge in [0, 0.05) is 0 Å². The fourth-order valence-electron chi connectivity index (χ4n) is 3.57. The molecular formula is C20H32N4O2. The predicted molar refractivity (Wildman–Crippen MR) is 104 cm³/mol. The molecule has 1 aliphatic carbocycles. The minimum absolute atomic E-state index is 0.116. The zero-order valence-corrected chi connectivity index (χ0v) is 16.0. The average Bonchev–Trinajstić information content (AvgIpc) is 2.85. The molecule has 6 nitrogen and oxygen atoms in total. The maximum absolute atomic E-state index is 12.7. The number of urea groups is 1. The van der Waals surface area contributed by atoms with Crippen molar-refractivity contribution in [1.29, 1.82) is 0 Å². The van der Waals surface area contributed by atoms with Crippen molar-refractivity contribution in [3.8, 4) is 0 Å². The molecule has 6 heteroatoms. The number of primary amides is 1. The van der Waals surface area contributed by atoms with Crippen molar-refractivity contribution in [3.63, 3.8) is 0 Å². The standard InChI is InChI=1S/C20H32N4O2/c1-24(2)15-12-17(16-10-6-5-7-11-16)22-19(26)23-20(18(21)25)13-8-3-4-9-14-20/h5-7,10-11,17H,3-4,8-9,12-15H2,1-2H3,(H2,21,25)(H2,22,23,26)/t17-/m0/s1. The van der Waals surface area contributed by atoms with Crippen LogP contribution in [0.25, 0.3) is 0 Å². The van der Waals surface area contributed by atoms with E-state index >= 15 is 0 Å². The van der Waals surface area contributed by atoms with Crippen LogP contribution in [0.3, 0.4) is 0 Å². The number of amides is 3. The van der Waals surface area contributed by atoms with Crippen molar-refractivity contribution >= 4 is 11.9 Å². The summed E-state index contributed by atoms with van der Waals surface area (Å²) in [6.45, 7) is 0.848. The van der Waals surface area contributed by atoms with Gasteiger partial charge in [0.1, 0.15) is 5.54 Å². The van der Waals surface area contributed by atoms with E-state index in [1.165, 1.54) is 0 Å². The van der Waals surface area contributed by atoms with Crippen LogP contribution in [0.1, 0.15) is 56.6 Å². The molecule has 144 valence electrons. The van der Waals surface area contributed by atoms with Crippen molar-refractivity contribution < 1.29 is 9.59 Å². The first-order chi connectivity index (χ1) is 12.4. The van der Waals surface area contributed by atoms with Gasteiger partial charge in [-0.15, -0.1) is 0 Å². The number of hydrogen-bond donors (Lipinski definition) is 3. The summed E-state index contributed by atoms with van der Waals surface area (Å²) in [7, 11) is 4.02. The highest BCUT2D eigenvalue weighted by atomic mass is 16.2. The number of nitrogens with zero attached hydrogens (tertiary/aromatic N) is 1. The predicted octanol–water partition coefficient (Wildman–Crippen LogP) is 2.56. The second-order valence-electron chi connectivity index (χ2n) is 7.51. The summed E-state index contributed by atoms with van der Waals surface area (Å²) in [4.78, 5) is 26.9. The highest BCUT2D eigenvalue weighted by molar-refractivity contribution is 5.90. The number of carbonyl (C=O) groups excluding carboxylic acids is 2. The van der Waals surface area contributed by atoms with E-state index in [4.69, 9.17) is 5.73 Å². The second kappa shape index (κ2) is 9.57. The van der Waals surface area contributed by atoms with Gasteiger partial charge in [0.15, 0.2) is 0 Å². The van der Waals surface area contributed by atoms with Gasteiger partial charge < -0.3 is 21.3 Å². The van der Waals surface area contributed by atoms with E-state index in [1.54, 1.807) is 0 Å². The molecule has 0 radical (unpaired) electrons. The van der Waals surface area contributed by atoms with Crippen molar-refractivity contribution in [2.24, 2.45) is 5.73 Å². The molecule has 0 spiro atoms. The van der Waals surface area contributed by atoms with Gasteiger partial charge in [0.25, 0.3) is 0 Å². The molecule has 0 bridgehead atoms. The van der Waals surface area contributed by atoms with Gasteiger partial charge in [0.05, 0.1) is 6.04 Å². The Morgan fingerprint density at radius 1 is 1.12 bits per heavy atom. The summed E-state index contributed by atoms with van der Waals surface area (Å²) in [5, 5.41) is 5.97. The van der Waals surface area contributed by atoms with Gasteiger partial charge in [-0.2, -0.15) is 0 Å². The van der Waals surface area contributed by atoms with Crippen molar-refractivity contribution in [1.82, 2.24) is 15.5 Å². The summed E-state index contributed by atoms with van der Waals surface area (Å²) in [6.07, 6.45) is 5.99. The maximum atomic E-state index is 12.7. The van der Waals surface area contributed by atoms with E-state index in [9.17, 15) is 9.59 Å². The fraction of sp³-hybridized carbons (Fsp3) is 0.600. The normalized spacial score (nSPS) is 18.0. The lowest BCUT2D eigenvalue weighted by Crippen LogP contribution is -2.59. The van der Waals surface area contributed by atoms with Gasteiger partial charge in [-0.3, -0.25) is 4.79 Å². The van der Waals surface area contributed by atoms with E-state index in [1.807, 2.05) is 44.4 Å². The van der Waals surface area contributed by atoms with Crippen LogP contribution in [0.15, 0.2) is 30.3 Å². The number of nitrogens with two attached hydrogens (primary N) is 1. The number of carbonyl (C=O) groups is 2. The number of benzene rings is 1. The highest BCUT2D eigenvalue weighted by Crippen LogP contribution is 2.27. The molecule has 1 fully saturated rings. The molecule has 0 aliphatic heterocycles. The molecule has 1 aromatic rings. The molecule has 3 amide bonds. The number of hydrogen-bond acceptors (Lipinski definition) is 3. The first kappa shape index (κ1) is 20.2. The summed E-state index contributed by atoms with van der Waals surface area (Å²) in [5.41, 5.74) is 5.80. The third-order valence-corrected chi connectivity index (χ3v) is 5.15. The van der Waals surface area contributed by atoms with Crippen molar-refractivity contribution in [2.75, 3.05) is 20.6 Å². The first-order valence-corrected chi connectivity index (χ1v) is 9.51. The molecule has 0 saturated heterocycles. The minimum Gasteiger partial charge on any atom is -0.368 e. The molecule has 1 aliphatic rings. The smallest absolute Gasteiger partial charge is 0.316 e. The fourth-order valence-corrected chi connectivity index (χ4v) is 3.57. The Bertz CT molecular complexity index is 581. The Kier molecular flexibility index (Phi) is 7.45. The molecule has 0 heterocycles. The van der Waals surface area contributed by atoms with E-state index < -0.39 is 11.4 Å². The molecule has 26 heavy (non-hydrogen) atoms. The van der Waals surface area contributed by atoms with Crippen LogP contribution in [0.5, 0.6) is 0 Å². The minimum atomic E-state index is -0.927. The molecular weight excluding hydrogens is 328 g/mol. The summed E-state index contributed by atoms with van der Waals surface area (Å²) in [6, 6.07) is 9.47. The SMILES string of the molecule is CN(C)CC[C@H](NC(=O)NC1(C(N)=O)CCCCCC1)c1ccccc1. The molecule has 1 atom stereocenters. The monoisotopic (exact) mass is 360 g/mol. The molecule has 4 N–H and O–H groups in total. The van der Waals surface area contributed by atoms with E-state index in [-0.39, 0.29) is 12.1 Å². The third-order valence-electron chi connectivity index (χ3n) is 5.15. The Morgan fingerprint density at radius 2 is 1.73 bits per heavy atom. The van der Waals surface area contributed by atoms with Gasteiger partial charge >= 0.3 is 6.03 Å². The second-order valence-corrected chi connectivity index (χ2v) is 7.51. The van der Waals surface area contributed by atoms with Crippen LogP contribution in [0.2, 0.25) is 0 Å². The zero-order valence-electron chi connectivity index (χ0n) is 16.0. The number of nitrogens with one attached hydrogen (secondary N) is 2. The van der Waals surface area contributed by atoms with Crippen LogP contribution in [-0.4, -0.2) is 43.0 Å². The Balaban J connectivity index is 2.08. The molecule has 2 rings (SSSR count). The molecule has 0 unspecified atom stereocenters. The van der Waals surface area contributed by atoms with Gasteiger partial charge in [-0.05, 0) is 45.5 Å². The van der Waals surface area contributed by atoms with Crippen LogP contribution in [0, 0.1) is 0 Å². The van der Waals surface area contributed by atoms with E-state index in [0.29, 0.717) is 12.8 Å². The maximum Gasteiger partial charge on any atom is 0.316 e. The Hall–Kier alpha value is -2.08. The quantitative estimate of drug-likeness (QED) is 0.653. The largest absolute Gasteiger partial charge is 0.368 e. The molecule has 0 aromatic heterocycles. The van der Waals surface area contributed by atoms with Crippen molar-refractivity contribution in [2.45, 2.75) is 56.5 Å².